The molecule has 2 amide bonds. The minimum Gasteiger partial charge on any atom is -0.388 e. The van der Waals surface area contributed by atoms with E-state index in [1.807, 2.05) is 12.1 Å². The Morgan fingerprint density at radius 2 is 1.89 bits per heavy atom. The van der Waals surface area contributed by atoms with Crippen molar-refractivity contribution in [1.29, 1.82) is 0 Å². The van der Waals surface area contributed by atoms with Crippen LogP contribution < -0.4 is 5.73 Å². The lowest BCUT2D eigenvalue weighted by molar-refractivity contribution is -0.139. The minimum absolute atomic E-state index is 0.0501. The van der Waals surface area contributed by atoms with Crippen molar-refractivity contribution in [3.8, 4) is 0 Å². The van der Waals surface area contributed by atoms with Gasteiger partial charge in [-0.3, -0.25) is 14.4 Å². The van der Waals surface area contributed by atoms with Crippen LogP contribution in [0.5, 0.6) is 0 Å². The van der Waals surface area contributed by atoms with Crippen LogP contribution in [-0.4, -0.2) is 97.3 Å². The molecule has 0 bridgehead atoms. The normalized spacial score (nSPS) is 28.0. The van der Waals surface area contributed by atoms with Crippen LogP contribution in [-0.2, 0) is 19.1 Å². The zero-order valence-electron chi connectivity index (χ0n) is 22.3. The number of rotatable bonds is 8. The topological polar surface area (TPSA) is 122 Å². The third kappa shape index (κ3) is 5.39. The Morgan fingerprint density at radius 3 is 2.58 bits per heavy atom. The standard InChI is InChI=1S/C29H41N3O6/c1-37-14-13-31-11-9-18(10-12-31)20-7-8-21(28(30)35)22(15-20)25(19-5-3-2-4-6-19)29(36)32-16-23(33)27-26(32)24(34)17-38-27/h7-8,15,18-19,23,25-27,33H,2-6,9-14,16-17H2,1H3,(H2,30,35)/t23-,25+,26-,27-/m1/s1. The Hall–Kier alpha value is -2.33. The molecule has 3 N–H and O–H groups in total. The van der Waals surface area contributed by atoms with E-state index in [4.69, 9.17) is 15.2 Å². The summed E-state index contributed by atoms with van der Waals surface area (Å²) in [5.74, 6) is -1.12. The van der Waals surface area contributed by atoms with Gasteiger partial charge in [0.25, 0.3) is 0 Å². The lowest BCUT2D eigenvalue weighted by Crippen LogP contribution is -2.46. The van der Waals surface area contributed by atoms with Gasteiger partial charge in [-0.25, -0.2) is 0 Å². The number of ketones is 1. The van der Waals surface area contributed by atoms with Gasteiger partial charge in [-0.05, 0) is 67.8 Å². The van der Waals surface area contributed by atoms with Crippen molar-refractivity contribution < 1.29 is 29.0 Å². The summed E-state index contributed by atoms with van der Waals surface area (Å²) in [6.07, 6.45) is 5.35. The van der Waals surface area contributed by atoms with Gasteiger partial charge in [-0.2, -0.15) is 0 Å². The fraction of sp³-hybridized carbons (Fsp3) is 0.690. The van der Waals surface area contributed by atoms with Gasteiger partial charge in [-0.1, -0.05) is 31.4 Å². The van der Waals surface area contributed by atoms with Gasteiger partial charge in [0.2, 0.25) is 11.8 Å². The summed E-state index contributed by atoms with van der Waals surface area (Å²) in [5.41, 5.74) is 8.05. The summed E-state index contributed by atoms with van der Waals surface area (Å²) < 4.78 is 10.8. The number of nitrogens with zero attached hydrogens (tertiary/aromatic N) is 2. The van der Waals surface area contributed by atoms with Crippen molar-refractivity contribution in [3.63, 3.8) is 0 Å². The number of hydrogen-bond acceptors (Lipinski definition) is 7. The molecule has 0 aromatic heterocycles. The quantitative estimate of drug-likeness (QED) is 0.529. The molecule has 0 unspecified atom stereocenters. The molecular formula is C29H41N3O6. The van der Waals surface area contributed by atoms with Crippen LogP contribution in [0, 0.1) is 5.92 Å². The van der Waals surface area contributed by atoms with Gasteiger partial charge in [0.05, 0.1) is 19.1 Å². The van der Waals surface area contributed by atoms with Gasteiger partial charge in [0, 0.05) is 19.2 Å². The van der Waals surface area contributed by atoms with E-state index < -0.39 is 30.1 Å². The molecule has 1 aromatic carbocycles. The number of carbonyl (C=O) groups excluding carboxylic acids is 3. The number of Topliss-reactive ketones (excluding diaryl/α,β-unsaturated/α-hetero) is 1. The highest BCUT2D eigenvalue weighted by atomic mass is 16.5. The molecular weight excluding hydrogens is 486 g/mol. The minimum atomic E-state index is -0.896. The number of likely N-dealkylation sites (tertiary alicyclic amines) is 2. The Kier molecular flexibility index (Phi) is 8.47. The second kappa shape index (κ2) is 11.8. The maximum absolute atomic E-state index is 14.3. The molecule has 9 heteroatoms. The van der Waals surface area contributed by atoms with E-state index in [0.29, 0.717) is 23.7 Å². The van der Waals surface area contributed by atoms with E-state index in [1.165, 1.54) is 4.90 Å². The lowest BCUT2D eigenvalue weighted by atomic mass is 9.73. The molecule has 1 aromatic rings. The fourth-order valence-corrected chi connectivity index (χ4v) is 7.12. The third-order valence-electron chi connectivity index (χ3n) is 9.18. The summed E-state index contributed by atoms with van der Waals surface area (Å²) in [4.78, 5) is 43.5. The number of hydrogen-bond donors (Lipinski definition) is 2. The number of carbonyl (C=O) groups is 3. The number of aliphatic hydroxyl groups is 1. The number of benzene rings is 1. The monoisotopic (exact) mass is 527 g/mol. The van der Waals surface area contributed by atoms with E-state index in [0.717, 1.165) is 70.1 Å². The van der Waals surface area contributed by atoms with Crippen LogP contribution in [0.1, 0.15) is 78.3 Å². The van der Waals surface area contributed by atoms with Crippen LogP contribution in [0.25, 0.3) is 0 Å². The highest BCUT2D eigenvalue weighted by Gasteiger charge is 2.53. The van der Waals surface area contributed by atoms with Crippen molar-refractivity contribution in [2.75, 3.05) is 46.5 Å². The van der Waals surface area contributed by atoms with E-state index >= 15 is 0 Å². The second-order valence-electron chi connectivity index (χ2n) is 11.4. The predicted molar refractivity (Wildman–Crippen MR) is 141 cm³/mol. The number of methoxy groups -OCH3 is 1. The van der Waals surface area contributed by atoms with Crippen LogP contribution in [0.3, 0.4) is 0 Å². The molecule has 0 spiro atoms. The average molecular weight is 528 g/mol. The van der Waals surface area contributed by atoms with Gasteiger partial charge in [0.1, 0.15) is 24.9 Å². The molecule has 3 saturated heterocycles. The zero-order chi connectivity index (χ0) is 26.8. The van der Waals surface area contributed by atoms with Crippen LogP contribution >= 0.6 is 0 Å². The molecule has 4 atom stereocenters. The van der Waals surface area contributed by atoms with Crippen molar-refractivity contribution in [2.24, 2.45) is 11.7 Å². The van der Waals surface area contributed by atoms with Crippen LogP contribution in [0.2, 0.25) is 0 Å². The van der Waals surface area contributed by atoms with E-state index in [1.54, 1.807) is 13.2 Å². The van der Waals surface area contributed by atoms with Gasteiger partial charge in [-0.15, -0.1) is 0 Å². The van der Waals surface area contributed by atoms with Crippen molar-refractivity contribution >= 4 is 17.6 Å². The van der Waals surface area contributed by atoms with E-state index in [2.05, 4.69) is 4.90 Å². The molecule has 1 saturated carbocycles. The van der Waals surface area contributed by atoms with Gasteiger partial charge < -0.3 is 30.1 Å². The Bertz CT molecular complexity index is 1030. The number of primary amides is 1. The number of ether oxygens (including phenoxy) is 2. The Labute approximate surface area is 224 Å². The lowest BCUT2D eigenvalue weighted by Gasteiger charge is -2.36. The zero-order valence-corrected chi connectivity index (χ0v) is 22.3. The predicted octanol–water partition coefficient (Wildman–Crippen LogP) is 1.81. The van der Waals surface area contributed by atoms with Crippen LogP contribution in [0.15, 0.2) is 18.2 Å². The van der Waals surface area contributed by atoms with E-state index in [-0.39, 0.29) is 30.8 Å². The summed E-state index contributed by atoms with van der Waals surface area (Å²) in [7, 11) is 1.72. The van der Waals surface area contributed by atoms with Crippen molar-refractivity contribution in [3.05, 3.63) is 34.9 Å². The first-order valence-electron chi connectivity index (χ1n) is 14.2. The molecule has 9 nitrogen and oxygen atoms in total. The molecule has 3 aliphatic heterocycles. The Balaban J connectivity index is 1.47. The van der Waals surface area contributed by atoms with Crippen molar-refractivity contribution in [1.82, 2.24) is 9.80 Å². The van der Waals surface area contributed by atoms with Gasteiger partial charge >= 0.3 is 0 Å². The molecule has 38 heavy (non-hydrogen) atoms. The SMILES string of the molecule is COCCN1CCC(c2ccc(C(N)=O)c([C@@H](C(=O)N3C[C@@H](O)[C@H]4OCC(=O)[C@H]43)C3CCCCC3)c2)CC1. The molecule has 4 aliphatic rings. The third-order valence-corrected chi connectivity index (χ3v) is 9.18. The molecule has 1 aliphatic carbocycles. The maximum Gasteiger partial charge on any atom is 0.249 e. The summed E-state index contributed by atoms with van der Waals surface area (Å²) >= 11 is 0. The molecule has 3 heterocycles. The second-order valence-corrected chi connectivity index (χ2v) is 11.4. The first-order valence-corrected chi connectivity index (χ1v) is 14.2. The largest absolute Gasteiger partial charge is 0.388 e. The van der Waals surface area contributed by atoms with E-state index in [9.17, 15) is 19.5 Å². The smallest absolute Gasteiger partial charge is 0.249 e. The molecule has 5 rings (SSSR count). The number of nitrogens with two attached hydrogens (primary N) is 1. The number of piperidine rings is 1. The highest BCUT2D eigenvalue weighted by Crippen LogP contribution is 2.42. The summed E-state index contributed by atoms with van der Waals surface area (Å²) in [6, 6.07) is 5.06. The maximum atomic E-state index is 14.3. The molecule has 208 valence electrons. The highest BCUT2D eigenvalue weighted by molar-refractivity contribution is 5.99. The molecule has 4 fully saturated rings. The number of β-amino-alcohol motifs (C(OH)–C–C–N with tert-alkyl or cyclic N) is 1. The molecule has 0 radical (unpaired) electrons. The first-order chi connectivity index (χ1) is 18.4. The average Bonchev–Trinajstić information content (AvgIpc) is 3.48. The number of fused-ring (bicyclic) bond motifs is 1. The van der Waals surface area contributed by atoms with Gasteiger partial charge in [0.15, 0.2) is 5.78 Å². The fourth-order valence-electron chi connectivity index (χ4n) is 7.12. The van der Waals surface area contributed by atoms with Crippen LogP contribution in [0.4, 0.5) is 0 Å². The summed E-state index contributed by atoms with van der Waals surface area (Å²) in [6.45, 7) is 3.56. The first kappa shape index (κ1) is 27.2. The summed E-state index contributed by atoms with van der Waals surface area (Å²) in [5, 5.41) is 10.6. The Morgan fingerprint density at radius 1 is 1.16 bits per heavy atom. The number of amides is 2. The van der Waals surface area contributed by atoms with Crippen molar-refractivity contribution in [2.45, 2.75) is 75.0 Å². The number of aliphatic hydroxyl groups excluding tert-OH is 1.